The number of aromatic nitrogens is 1. The van der Waals surface area contributed by atoms with Crippen LogP contribution in [0.15, 0.2) is 60.7 Å². The van der Waals surface area contributed by atoms with Gasteiger partial charge in [-0.1, -0.05) is 23.7 Å². The van der Waals surface area contributed by atoms with E-state index in [1.807, 2.05) is 31.2 Å². The molecule has 1 aliphatic heterocycles. The van der Waals surface area contributed by atoms with Crippen molar-refractivity contribution in [3.63, 3.8) is 0 Å². The van der Waals surface area contributed by atoms with Gasteiger partial charge in [-0.3, -0.25) is 9.29 Å². The monoisotopic (exact) mass is 522 g/mol. The molecule has 7 heteroatoms. The number of phenols is 2. The van der Waals surface area contributed by atoms with Crippen LogP contribution in [0.5, 0.6) is 17.2 Å². The van der Waals surface area contributed by atoms with E-state index in [0.717, 1.165) is 58.5 Å². The van der Waals surface area contributed by atoms with Crippen LogP contribution in [0.2, 0.25) is 5.02 Å². The summed E-state index contributed by atoms with van der Waals surface area (Å²) in [6.07, 6.45) is 0.917. The molecule has 0 bridgehead atoms. The standard InChI is InChI=1S/C30H32ClFN2O3/c1-19(33-12-11-22(15-32)16-33)18-37-25-7-3-21(4-8-25)17-34-29-10-6-23(35)13-27(29)20(2)30(34)26-9-5-24(36)14-28(26)31/h3-10,13-14,19,22,35-36H,11-12,15-18H2,1-2H3. The van der Waals surface area contributed by atoms with Gasteiger partial charge < -0.3 is 19.5 Å². The van der Waals surface area contributed by atoms with Crippen molar-refractivity contribution in [3.8, 4) is 28.5 Å². The Morgan fingerprint density at radius 2 is 1.78 bits per heavy atom. The van der Waals surface area contributed by atoms with Gasteiger partial charge in [0.1, 0.15) is 23.9 Å². The summed E-state index contributed by atoms with van der Waals surface area (Å²) in [5.41, 5.74) is 4.84. The van der Waals surface area contributed by atoms with Crippen LogP contribution in [0.1, 0.15) is 24.5 Å². The molecule has 194 valence electrons. The van der Waals surface area contributed by atoms with E-state index in [0.29, 0.717) is 18.2 Å². The van der Waals surface area contributed by atoms with E-state index in [1.165, 1.54) is 0 Å². The average molecular weight is 523 g/mol. The zero-order chi connectivity index (χ0) is 26.1. The van der Waals surface area contributed by atoms with Crippen LogP contribution in [0.25, 0.3) is 22.2 Å². The highest BCUT2D eigenvalue weighted by atomic mass is 35.5. The molecule has 1 fully saturated rings. The lowest BCUT2D eigenvalue weighted by Gasteiger charge is -2.24. The molecule has 0 amide bonds. The van der Waals surface area contributed by atoms with Crippen LogP contribution in [0.3, 0.4) is 0 Å². The summed E-state index contributed by atoms with van der Waals surface area (Å²) in [5, 5.41) is 21.4. The highest BCUT2D eigenvalue weighted by Gasteiger charge is 2.26. The minimum atomic E-state index is -0.246. The molecule has 2 heterocycles. The number of alkyl halides is 1. The first kappa shape index (κ1) is 25.4. The summed E-state index contributed by atoms with van der Waals surface area (Å²) in [4.78, 5) is 2.30. The van der Waals surface area contributed by atoms with Crippen molar-refractivity contribution in [2.75, 3.05) is 26.4 Å². The topological polar surface area (TPSA) is 57.9 Å². The van der Waals surface area contributed by atoms with Crippen molar-refractivity contribution < 1.29 is 19.3 Å². The Labute approximate surface area is 221 Å². The number of rotatable bonds is 8. The molecular weight excluding hydrogens is 491 g/mol. The summed E-state index contributed by atoms with van der Waals surface area (Å²) in [6, 6.07) is 18.7. The summed E-state index contributed by atoms with van der Waals surface area (Å²) in [6.45, 7) is 6.78. The van der Waals surface area contributed by atoms with Crippen molar-refractivity contribution >= 4 is 22.5 Å². The lowest BCUT2D eigenvalue weighted by atomic mass is 10.1. The number of likely N-dealkylation sites (tertiary alicyclic amines) is 1. The molecule has 0 saturated carbocycles. The zero-order valence-corrected chi connectivity index (χ0v) is 21.9. The normalized spacial score (nSPS) is 16.9. The van der Waals surface area contributed by atoms with Crippen molar-refractivity contribution in [2.24, 2.45) is 5.92 Å². The van der Waals surface area contributed by atoms with Gasteiger partial charge in [0.25, 0.3) is 0 Å². The lowest BCUT2D eigenvalue weighted by molar-refractivity contribution is 0.165. The van der Waals surface area contributed by atoms with Gasteiger partial charge in [-0.15, -0.1) is 0 Å². The fourth-order valence-electron chi connectivity index (χ4n) is 5.30. The minimum Gasteiger partial charge on any atom is -0.508 e. The smallest absolute Gasteiger partial charge is 0.119 e. The first-order chi connectivity index (χ1) is 17.8. The molecule has 3 aromatic carbocycles. The van der Waals surface area contributed by atoms with Gasteiger partial charge in [-0.05, 0) is 86.5 Å². The maximum absolute atomic E-state index is 13.0. The van der Waals surface area contributed by atoms with Crippen LogP contribution in [0.4, 0.5) is 4.39 Å². The van der Waals surface area contributed by atoms with Gasteiger partial charge in [0.05, 0.1) is 17.4 Å². The lowest BCUT2D eigenvalue weighted by Crippen LogP contribution is -2.35. The highest BCUT2D eigenvalue weighted by Crippen LogP contribution is 2.39. The van der Waals surface area contributed by atoms with E-state index in [2.05, 4.69) is 28.5 Å². The van der Waals surface area contributed by atoms with Crippen LogP contribution in [0, 0.1) is 12.8 Å². The second-order valence-corrected chi connectivity index (χ2v) is 10.4. The number of halogens is 2. The number of hydrogen-bond donors (Lipinski definition) is 2. The minimum absolute atomic E-state index is 0.114. The second kappa shape index (κ2) is 10.6. The average Bonchev–Trinajstić information content (AvgIpc) is 3.47. The molecule has 2 unspecified atom stereocenters. The molecule has 0 radical (unpaired) electrons. The van der Waals surface area contributed by atoms with E-state index >= 15 is 0 Å². The van der Waals surface area contributed by atoms with Gasteiger partial charge in [0.15, 0.2) is 0 Å². The summed E-state index contributed by atoms with van der Waals surface area (Å²) >= 11 is 6.55. The first-order valence-electron chi connectivity index (χ1n) is 12.7. The largest absolute Gasteiger partial charge is 0.508 e. The molecule has 5 rings (SSSR count). The zero-order valence-electron chi connectivity index (χ0n) is 21.1. The number of fused-ring (bicyclic) bond motifs is 1. The number of nitrogens with zero attached hydrogens (tertiary/aromatic N) is 2. The number of ether oxygens (including phenoxy) is 1. The molecular formula is C30H32ClFN2O3. The Bertz CT molecular complexity index is 1400. The van der Waals surface area contributed by atoms with Gasteiger partial charge >= 0.3 is 0 Å². The summed E-state index contributed by atoms with van der Waals surface area (Å²) < 4.78 is 21.2. The molecule has 1 aromatic heterocycles. The van der Waals surface area contributed by atoms with E-state index in [9.17, 15) is 14.6 Å². The molecule has 2 N–H and O–H groups in total. The Morgan fingerprint density at radius 3 is 2.49 bits per heavy atom. The van der Waals surface area contributed by atoms with Gasteiger partial charge in [0.2, 0.25) is 0 Å². The van der Waals surface area contributed by atoms with E-state index in [4.69, 9.17) is 16.3 Å². The quantitative estimate of drug-likeness (QED) is 0.267. The Morgan fingerprint density at radius 1 is 1.05 bits per heavy atom. The van der Waals surface area contributed by atoms with E-state index in [-0.39, 0.29) is 30.1 Å². The highest BCUT2D eigenvalue weighted by molar-refractivity contribution is 6.33. The molecule has 4 aromatic rings. The third-order valence-electron chi connectivity index (χ3n) is 7.42. The van der Waals surface area contributed by atoms with E-state index in [1.54, 1.807) is 24.3 Å². The summed E-state index contributed by atoms with van der Waals surface area (Å²) in [7, 11) is 0. The fraction of sp³-hybridized carbons (Fsp3) is 0.333. The first-order valence-corrected chi connectivity index (χ1v) is 13.0. The molecule has 37 heavy (non-hydrogen) atoms. The maximum Gasteiger partial charge on any atom is 0.119 e. The van der Waals surface area contributed by atoms with Crippen molar-refractivity contribution in [3.05, 3.63) is 76.8 Å². The number of aromatic hydroxyl groups is 2. The third-order valence-corrected chi connectivity index (χ3v) is 7.73. The number of phenolic OH excluding ortho intramolecular Hbond substituents is 2. The Kier molecular flexibility index (Phi) is 7.31. The predicted molar refractivity (Wildman–Crippen MR) is 147 cm³/mol. The molecule has 1 aliphatic rings. The maximum atomic E-state index is 13.0. The Balaban J connectivity index is 1.38. The van der Waals surface area contributed by atoms with Gasteiger partial charge in [-0.25, -0.2) is 0 Å². The third kappa shape index (κ3) is 5.27. The fourth-order valence-corrected chi connectivity index (χ4v) is 5.57. The van der Waals surface area contributed by atoms with Crippen molar-refractivity contribution in [2.45, 2.75) is 32.9 Å². The number of benzene rings is 3. The molecule has 1 saturated heterocycles. The van der Waals surface area contributed by atoms with Crippen LogP contribution in [-0.4, -0.2) is 52.1 Å². The molecule has 2 atom stereocenters. The van der Waals surface area contributed by atoms with Crippen LogP contribution in [-0.2, 0) is 6.54 Å². The van der Waals surface area contributed by atoms with Crippen molar-refractivity contribution in [1.29, 1.82) is 0 Å². The SMILES string of the molecule is Cc1c(-c2ccc(O)cc2Cl)n(Cc2ccc(OCC(C)N3CCC(CF)C3)cc2)c2ccc(O)cc12. The number of hydrogen-bond acceptors (Lipinski definition) is 4. The number of aryl methyl sites for hydroxylation is 1. The Hall–Kier alpha value is -3.22. The predicted octanol–water partition coefficient (Wildman–Crippen LogP) is 6.79. The van der Waals surface area contributed by atoms with Crippen LogP contribution < -0.4 is 4.74 Å². The van der Waals surface area contributed by atoms with Gasteiger partial charge in [-0.2, -0.15) is 0 Å². The molecule has 5 nitrogen and oxygen atoms in total. The van der Waals surface area contributed by atoms with Crippen LogP contribution >= 0.6 is 11.6 Å². The van der Waals surface area contributed by atoms with E-state index < -0.39 is 0 Å². The molecule has 0 spiro atoms. The molecule has 0 aliphatic carbocycles. The van der Waals surface area contributed by atoms with Gasteiger partial charge in [0, 0.05) is 41.5 Å². The second-order valence-electron chi connectivity index (χ2n) is 10.0. The summed E-state index contributed by atoms with van der Waals surface area (Å²) in [5.74, 6) is 1.28. The van der Waals surface area contributed by atoms with Crippen molar-refractivity contribution in [1.82, 2.24) is 9.47 Å².